The molecule has 1 fully saturated rings. The van der Waals surface area contributed by atoms with Gasteiger partial charge in [0.2, 0.25) is 5.91 Å². The summed E-state index contributed by atoms with van der Waals surface area (Å²) >= 11 is 0. The van der Waals surface area contributed by atoms with E-state index in [1.165, 1.54) is 11.8 Å². The largest absolute Gasteiger partial charge is 0.508 e. The molecule has 2 aromatic carbocycles. The lowest BCUT2D eigenvalue weighted by Gasteiger charge is -2.33. The van der Waals surface area contributed by atoms with Gasteiger partial charge in [-0.2, -0.15) is 0 Å². The van der Waals surface area contributed by atoms with E-state index in [1.807, 2.05) is 12.1 Å². The first-order valence-corrected chi connectivity index (χ1v) is 9.04. The SMILES string of the molecule is CC(=O)Nc1ccc(NC(=O)C[NH+]2CCN(c3ccc(O)cc3)CC2)cc1. The van der Waals surface area contributed by atoms with E-state index in [-0.39, 0.29) is 17.6 Å². The zero-order valence-corrected chi connectivity index (χ0v) is 15.4. The number of hydrogen-bond donors (Lipinski definition) is 4. The van der Waals surface area contributed by atoms with Crippen LogP contribution in [0.5, 0.6) is 5.75 Å². The Labute approximate surface area is 158 Å². The van der Waals surface area contributed by atoms with Gasteiger partial charge < -0.3 is 25.5 Å². The predicted octanol–water partition coefficient (Wildman–Crippen LogP) is 0.694. The first-order chi connectivity index (χ1) is 13.0. The second-order valence-electron chi connectivity index (χ2n) is 6.74. The Balaban J connectivity index is 1.45. The number of piperazine rings is 1. The number of quaternary nitrogens is 1. The molecule has 1 saturated heterocycles. The Hall–Kier alpha value is -3.06. The summed E-state index contributed by atoms with van der Waals surface area (Å²) in [6.45, 7) is 5.40. The molecule has 2 amide bonds. The Bertz CT molecular complexity index is 782. The van der Waals surface area contributed by atoms with Crippen LogP contribution < -0.4 is 20.4 Å². The molecule has 0 aromatic heterocycles. The van der Waals surface area contributed by atoms with E-state index in [4.69, 9.17) is 0 Å². The molecule has 1 heterocycles. The van der Waals surface area contributed by atoms with Crippen molar-refractivity contribution in [1.82, 2.24) is 0 Å². The van der Waals surface area contributed by atoms with E-state index in [9.17, 15) is 14.7 Å². The number of carbonyl (C=O) groups is 2. The smallest absolute Gasteiger partial charge is 0.279 e. The van der Waals surface area contributed by atoms with Crippen molar-refractivity contribution in [1.29, 1.82) is 0 Å². The van der Waals surface area contributed by atoms with E-state index in [0.29, 0.717) is 12.2 Å². The molecule has 3 rings (SSSR count). The lowest BCUT2D eigenvalue weighted by Crippen LogP contribution is -3.15. The fraction of sp³-hybridized carbons (Fsp3) is 0.300. The lowest BCUT2D eigenvalue weighted by atomic mass is 10.2. The van der Waals surface area contributed by atoms with Gasteiger partial charge in [-0.1, -0.05) is 0 Å². The van der Waals surface area contributed by atoms with Crippen molar-refractivity contribution in [3.8, 4) is 5.75 Å². The Morgan fingerprint density at radius 1 is 0.963 bits per heavy atom. The Morgan fingerprint density at radius 2 is 1.52 bits per heavy atom. The van der Waals surface area contributed by atoms with Crippen molar-refractivity contribution in [2.24, 2.45) is 0 Å². The molecule has 0 spiro atoms. The van der Waals surface area contributed by atoms with Crippen molar-refractivity contribution in [2.75, 3.05) is 48.3 Å². The van der Waals surface area contributed by atoms with E-state index < -0.39 is 0 Å². The number of anilines is 3. The van der Waals surface area contributed by atoms with E-state index in [2.05, 4.69) is 15.5 Å². The first kappa shape index (κ1) is 18.7. The molecule has 1 aliphatic rings. The van der Waals surface area contributed by atoms with Crippen LogP contribution in [0.25, 0.3) is 0 Å². The van der Waals surface area contributed by atoms with Gasteiger partial charge in [-0.3, -0.25) is 9.59 Å². The van der Waals surface area contributed by atoms with Crippen LogP contribution in [0, 0.1) is 0 Å². The van der Waals surface area contributed by atoms with Gasteiger partial charge in [0.15, 0.2) is 6.54 Å². The summed E-state index contributed by atoms with van der Waals surface area (Å²) in [5.74, 6) is 0.127. The van der Waals surface area contributed by atoms with Crippen LogP contribution in [0.15, 0.2) is 48.5 Å². The second-order valence-corrected chi connectivity index (χ2v) is 6.74. The highest BCUT2D eigenvalue weighted by molar-refractivity contribution is 5.92. The molecular formula is C20H25N4O3+. The Kier molecular flexibility index (Phi) is 5.93. The van der Waals surface area contributed by atoms with Crippen molar-refractivity contribution in [3.05, 3.63) is 48.5 Å². The number of rotatable bonds is 5. The number of amides is 2. The molecule has 0 bridgehead atoms. The first-order valence-electron chi connectivity index (χ1n) is 9.04. The zero-order chi connectivity index (χ0) is 19.2. The van der Waals surface area contributed by atoms with E-state index >= 15 is 0 Å². The van der Waals surface area contributed by atoms with Crippen molar-refractivity contribution in [2.45, 2.75) is 6.92 Å². The highest BCUT2D eigenvalue weighted by Gasteiger charge is 2.22. The fourth-order valence-corrected chi connectivity index (χ4v) is 3.19. The average Bonchev–Trinajstić information content (AvgIpc) is 2.64. The number of nitrogens with one attached hydrogen (secondary N) is 3. The lowest BCUT2D eigenvalue weighted by molar-refractivity contribution is -0.892. The third-order valence-corrected chi connectivity index (χ3v) is 4.58. The van der Waals surface area contributed by atoms with Gasteiger partial charge in [0, 0.05) is 24.0 Å². The summed E-state index contributed by atoms with van der Waals surface area (Å²) in [6.07, 6.45) is 0. The van der Waals surface area contributed by atoms with Crippen molar-refractivity contribution in [3.63, 3.8) is 0 Å². The maximum atomic E-state index is 12.3. The topological polar surface area (TPSA) is 86.1 Å². The number of carbonyl (C=O) groups excluding carboxylic acids is 2. The van der Waals surface area contributed by atoms with Crippen LogP contribution in [0.1, 0.15) is 6.92 Å². The average molecular weight is 369 g/mol. The van der Waals surface area contributed by atoms with Gasteiger partial charge in [0.05, 0.1) is 26.2 Å². The molecule has 4 N–H and O–H groups in total. The monoisotopic (exact) mass is 369 g/mol. The molecule has 142 valence electrons. The number of nitrogens with zero attached hydrogens (tertiary/aromatic N) is 1. The van der Waals surface area contributed by atoms with Crippen LogP contribution in [-0.2, 0) is 9.59 Å². The molecule has 0 saturated carbocycles. The second kappa shape index (κ2) is 8.55. The van der Waals surface area contributed by atoms with Gasteiger partial charge in [-0.05, 0) is 48.5 Å². The number of hydrogen-bond acceptors (Lipinski definition) is 4. The third-order valence-electron chi connectivity index (χ3n) is 4.58. The standard InChI is InChI=1S/C20H24N4O3/c1-15(25)21-16-2-4-17(5-3-16)22-20(27)14-23-10-12-24(13-11-23)18-6-8-19(26)9-7-18/h2-9,26H,10-14H2,1H3,(H,21,25)(H,22,27)/p+1. The summed E-state index contributed by atoms with van der Waals surface area (Å²) in [4.78, 5) is 26.8. The maximum Gasteiger partial charge on any atom is 0.279 e. The normalized spacial score (nSPS) is 14.6. The third kappa shape index (κ3) is 5.46. The summed E-state index contributed by atoms with van der Waals surface area (Å²) in [6, 6.07) is 14.3. The van der Waals surface area contributed by atoms with Crippen LogP contribution in [0.4, 0.5) is 17.1 Å². The molecule has 27 heavy (non-hydrogen) atoms. The molecule has 7 heteroatoms. The van der Waals surface area contributed by atoms with Gasteiger partial charge in [0.1, 0.15) is 5.75 Å². The maximum absolute atomic E-state index is 12.3. The van der Waals surface area contributed by atoms with Gasteiger partial charge in [-0.15, -0.1) is 0 Å². The molecule has 0 radical (unpaired) electrons. The minimum Gasteiger partial charge on any atom is -0.508 e. The van der Waals surface area contributed by atoms with E-state index in [1.54, 1.807) is 36.4 Å². The highest BCUT2D eigenvalue weighted by atomic mass is 16.3. The van der Waals surface area contributed by atoms with Gasteiger partial charge in [0.25, 0.3) is 5.91 Å². The molecule has 1 aliphatic heterocycles. The minimum absolute atomic E-state index is 0.0182. The molecular weight excluding hydrogens is 344 g/mol. The highest BCUT2D eigenvalue weighted by Crippen LogP contribution is 2.18. The summed E-state index contributed by atoms with van der Waals surface area (Å²) in [5, 5.41) is 15.0. The summed E-state index contributed by atoms with van der Waals surface area (Å²) in [5.41, 5.74) is 2.52. The number of phenols is 1. The van der Waals surface area contributed by atoms with E-state index in [0.717, 1.165) is 37.6 Å². The molecule has 0 unspecified atom stereocenters. The molecule has 0 aliphatic carbocycles. The van der Waals surface area contributed by atoms with Crippen LogP contribution in [-0.4, -0.2) is 49.6 Å². The Morgan fingerprint density at radius 3 is 2.07 bits per heavy atom. The predicted molar refractivity (Wildman–Crippen MR) is 105 cm³/mol. The zero-order valence-electron chi connectivity index (χ0n) is 15.4. The fourth-order valence-electron chi connectivity index (χ4n) is 3.19. The molecule has 7 nitrogen and oxygen atoms in total. The van der Waals surface area contributed by atoms with Crippen LogP contribution >= 0.6 is 0 Å². The number of benzene rings is 2. The summed E-state index contributed by atoms with van der Waals surface area (Å²) < 4.78 is 0. The van der Waals surface area contributed by atoms with Gasteiger partial charge >= 0.3 is 0 Å². The van der Waals surface area contributed by atoms with Crippen molar-refractivity contribution >= 4 is 28.9 Å². The minimum atomic E-state index is -0.123. The van der Waals surface area contributed by atoms with Crippen LogP contribution in [0.2, 0.25) is 0 Å². The van der Waals surface area contributed by atoms with Crippen LogP contribution in [0.3, 0.4) is 0 Å². The molecule has 0 atom stereocenters. The number of phenolic OH excluding ortho intramolecular Hbond substituents is 1. The number of aromatic hydroxyl groups is 1. The van der Waals surface area contributed by atoms with Gasteiger partial charge in [-0.25, -0.2) is 0 Å². The van der Waals surface area contributed by atoms with Crippen molar-refractivity contribution < 1.29 is 19.6 Å². The summed E-state index contributed by atoms with van der Waals surface area (Å²) in [7, 11) is 0. The quantitative estimate of drug-likeness (QED) is 0.625. The molecule has 2 aromatic rings.